The maximum absolute atomic E-state index is 10.4. The number of diazo groups is 1. The Hall–Kier alpha value is -2.34. The van der Waals surface area contributed by atoms with Crippen LogP contribution in [0.2, 0.25) is 0 Å². The summed E-state index contributed by atoms with van der Waals surface area (Å²) in [4.78, 5) is 21.5. The van der Waals surface area contributed by atoms with E-state index >= 15 is 0 Å². The molecule has 1 N–H and O–H groups in total. The Labute approximate surface area is 82.2 Å². The maximum atomic E-state index is 10.4. The van der Waals surface area contributed by atoms with E-state index in [2.05, 4.69) is 4.98 Å². The van der Waals surface area contributed by atoms with Crippen molar-refractivity contribution in [1.29, 1.82) is 5.39 Å². The van der Waals surface area contributed by atoms with Crippen molar-refractivity contribution in [3.05, 3.63) is 48.8 Å². The van der Waals surface area contributed by atoms with Gasteiger partial charge in [0.05, 0.1) is 22.0 Å². The summed E-state index contributed by atoms with van der Waals surface area (Å²) >= 11 is 0. The molecule has 9 heteroatoms. The topological polar surface area (TPSA) is 135 Å². The minimum atomic E-state index is -1.69. The highest BCUT2D eigenvalue weighted by Gasteiger charge is 2.44. The number of nitrogens with zero attached hydrogens (tertiary/aromatic N) is 4. The molecule has 1 aliphatic rings. The molecule has 0 amide bonds. The van der Waals surface area contributed by atoms with Crippen LogP contribution in [0.4, 0.5) is 0 Å². The summed E-state index contributed by atoms with van der Waals surface area (Å²) in [6.07, 6.45) is -0.224. The molecule has 0 radical (unpaired) electrons. The lowest BCUT2D eigenvalue weighted by molar-refractivity contribution is -0.444. The molecule has 0 fully saturated rings. The highest BCUT2D eigenvalue weighted by atomic mass is 16.6. The van der Waals surface area contributed by atoms with E-state index in [0.717, 1.165) is 6.08 Å². The monoisotopic (exact) mass is 213 g/mol. The van der Waals surface area contributed by atoms with Crippen LogP contribution in [0.3, 0.4) is 0 Å². The van der Waals surface area contributed by atoms with E-state index in [1.807, 2.05) is 0 Å². The van der Waals surface area contributed by atoms with Crippen molar-refractivity contribution in [2.75, 3.05) is 0 Å². The van der Waals surface area contributed by atoms with E-state index in [4.69, 9.17) is 5.39 Å². The summed E-state index contributed by atoms with van der Waals surface area (Å²) in [5.74, 6) is 0. The third-order valence-electron chi connectivity index (χ3n) is 1.82. The zero-order chi connectivity index (χ0) is 11.6. The molecule has 9 nitrogen and oxygen atoms in total. The Morgan fingerprint density at radius 3 is 2.40 bits per heavy atom. The minimum Gasteiger partial charge on any atom is -0.375 e. The molecule has 0 spiro atoms. The summed E-state index contributed by atoms with van der Waals surface area (Å²) in [5.41, 5.74) is -1.36. The van der Waals surface area contributed by atoms with Crippen LogP contribution in [-0.2, 0) is 0 Å². The Morgan fingerprint density at radius 2 is 2.00 bits per heavy atom. The molecule has 2 unspecified atom stereocenters. The second kappa shape index (κ2) is 3.81. The number of hydrogen-bond donors (Lipinski definition) is 1. The van der Waals surface area contributed by atoms with E-state index in [1.165, 1.54) is 0 Å². The SMILES string of the molecule is N#[N+]C1C=C([N+](=O)[O-])C=C([N+](=O)[O-])C1O. The van der Waals surface area contributed by atoms with Crippen molar-refractivity contribution in [3.8, 4) is 0 Å². The Morgan fingerprint density at radius 1 is 1.40 bits per heavy atom. The lowest BCUT2D eigenvalue weighted by atomic mass is 10.0. The molecule has 2 atom stereocenters. The largest absolute Gasteiger partial charge is 0.375 e. The van der Waals surface area contributed by atoms with Gasteiger partial charge in [-0.15, -0.1) is 0 Å². The van der Waals surface area contributed by atoms with Crippen molar-refractivity contribution < 1.29 is 15.0 Å². The van der Waals surface area contributed by atoms with Crippen molar-refractivity contribution >= 4 is 0 Å². The fourth-order valence-corrected chi connectivity index (χ4v) is 1.10. The molecule has 1 aliphatic carbocycles. The summed E-state index contributed by atoms with van der Waals surface area (Å²) in [6.45, 7) is 0. The van der Waals surface area contributed by atoms with Gasteiger partial charge in [-0.25, -0.2) is 0 Å². The third kappa shape index (κ3) is 1.94. The number of rotatable bonds is 2. The molecule has 0 aromatic carbocycles. The second-order valence-corrected chi connectivity index (χ2v) is 2.73. The Bertz CT molecular complexity index is 420. The van der Waals surface area contributed by atoms with Crippen LogP contribution >= 0.6 is 0 Å². The lowest BCUT2D eigenvalue weighted by Gasteiger charge is -2.06. The van der Waals surface area contributed by atoms with Gasteiger partial charge in [0.25, 0.3) is 11.4 Å². The van der Waals surface area contributed by atoms with Gasteiger partial charge in [-0.2, -0.15) is 0 Å². The first-order valence-electron chi connectivity index (χ1n) is 3.72. The van der Waals surface area contributed by atoms with Crippen LogP contribution in [0.5, 0.6) is 0 Å². The van der Waals surface area contributed by atoms with Crippen LogP contribution in [0, 0.1) is 25.6 Å². The molecule has 78 valence electrons. The molecule has 15 heavy (non-hydrogen) atoms. The van der Waals surface area contributed by atoms with Crippen LogP contribution in [0.1, 0.15) is 0 Å². The van der Waals surface area contributed by atoms with Crippen molar-refractivity contribution in [2.24, 2.45) is 0 Å². The molecule has 0 saturated heterocycles. The smallest absolute Gasteiger partial charge is 0.374 e. The summed E-state index contributed by atoms with van der Waals surface area (Å²) in [7, 11) is 0. The van der Waals surface area contributed by atoms with Gasteiger partial charge in [0, 0.05) is 0 Å². The molecule has 1 rings (SSSR count). The third-order valence-corrected chi connectivity index (χ3v) is 1.82. The molecule has 0 saturated carbocycles. The van der Waals surface area contributed by atoms with E-state index < -0.39 is 33.4 Å². The fourth-order valence-electron chi connectivity index (χ4n) is 1.10. The van der Waals surface area contributed by atoms with E-state index in [0.29, 0.717) is 6.08 Å². The molecule has 0 aromatic rings. The maximum Gasteiger partial charge on any atom is 0.374 e. The van der Waals surface area contributed by atoms with Gasteiger partial charge in [0.2, 0.25) is 11.5 Å². The number of aliphatic hydroxyl groups is 1. The molecular weight excluding hydrogens is 208 g/mol. The quantitative estimate of drug-likeness (QED) is 0.386. The number of hydrogen-bond acceptors (Lipinski definition) is 6. The summed E-state index contributed by atoms with van der Waals surface area (Å²) in [6, 6.07) is -1.39. The predicted molar refractivity (Wildman–Crippen MR) is 45.0 cm³/mol. The number of aliphatic hydroxyl groups excluding tert-OH is 1. The molecule has 0 bridgehead atoms. The predicted octanol–water partition coefficient (Wildman–Crippen LogP) is -0.0962. The van der Waals surface area contributed by atoms with E-state index in [1.54, 1.807) is 0 Å². The Balaban J connectivity index is 3.19. The van der Waals surface area contributed by atoms with Crippen LogP contribution in [-0.4, -0.2) is 27.1 Å². The first kappa shape index (κ1) is 10.7. The van der Waals surface area contributed by atoms with Gasteiger partial charge >= 0.3 is 6.04 Å². The van der Waals surface area contributed by atoms with Gasteiger partial charge in [0.1, 0.15) is 4.98 Å². The average molecular weight is 213 g/mol. The van der Waals surface area contributed by atoms with Crippen LogP contribution in [0.25, 0.3) is 4.98 Å². The normalized spacial score (nSPS) is 24.8. The fraction of sp³-hybridized carbons (Fsp3) is 0.333. The number of allylic oxidation sites excluding steroid dienone is 1. The highest BCUT2D eigenvalue weighted by Crippen LogP contribution is 2.21. The average Bonchev–Trinajstić information content (AvgIpc) is 2.17. The second-order valence-electron chi connectivity index (χ2n) is 2.73. The summed E-state index contributed by atoms with van der Waals surface area (Å²) in [5, 5.41) is 38.4. The zero-order valence-electron chi connectivity index (χ0n) is 7.18. The van der Waals surface area contributed by atoms with Crippen molar-refractivity contribution in [1.82, 2.24) is 0 Å². The van der Waals surface area contributed by atoms with Crippen molar-refractivity contribution in [2.45, 2.75) is 12.1 Å². The first-order valence-corrected chi connectivity index (χ1v) is 3.72. The van der Waals surface area contributed by atoms with Crippen LogP contribution in [0.15, 0.2) is 23.5 Å². The van der Waals surface area contributed by atoms with Gasteiger partial charge < -0.3 is 5.11 Å². The lowest BCUT2D eigenvalue weighted by Crippen LogP contribution is -2.31. The Kier molecular flexibility index (Phi) is 2.72. The first-order chi connectivity index (χ1) is 6.97. The molecule has 0 aromatic heterocycles. The van der Waals surface area contributed by atoms with Gasteiger partial charge in [-0.3, -0.25) is 20.2 Å². The van der Waals surface area contributed by atoms with E-state index in [9.17, 15) is 25.3 Å². The summed E-state index contributed by atoms with van der Waals surface area (Å²) < 4.78 is 0. The van der Waals surface area contributed by atoms with Crippen LogP contribution < -0.4 is 0 Å². The minimum absolute atomic E-state index is 0.588. The van der Waals surface area contributed by atoms with Gasteiger partial charge in [-0.1, -0.05) is 0 Å². The number of nitro groups is 2. The molecule has 0 heterocycles. The van der Waals surface area contributed by atoms with Gasteiger partial charge in [-0.05, 0) is 0 Å². The van der Waals surface area contributed by atoms with E-state index in [-0.39, 0.29) is 0 Å². The highest BCUT2D eigenvalue weighted by molar-refractivity contribution is 5.28. The zero-order valence-corrected chi connectivity index (χ0v) is 7.18. The molecular formula is C6H5N4O5+. The van der Waals surface area contributed by atoms with Gasteiger partial charge in [0.15, 0.2) is 0 Å². The molecule has 0 aliphatic heterocycles. The standard InChI is InChI=1S/C6H5N4O5/c7-8-4-1-3(9(12)13)2-5(6(4)11)10(14)15/h1-2,4,6,11H/q+1. The van der Waals surface area contributed by atoms with Crippen molar-refractivity contribution in [3.63, 3.8) is 0 Å².